The van der Waals surface area contributed by atoms with Gasteiger partial charge in [0.15, 0.2) is 0 Å². The average Bonchev–Trinajstić information content (AvgIpc) is 3.20. The second-order valence-electron chi connectivity index (χ2n) is 6.81. The van der Waals surface area contributed by atoms with Crippen LogP contribution in [0.4, 0.5) is 5.69 Å². The zero-order valence-corrected chi connectivity index (χ0v) is 16.6. The summed E-state index contributed by atoms with van der Waals surface area (Å²) in [5, 5.41) is 8.76. The average molecular weight is 375 g/mol. The van der Waals surface area contributed by atoms with Gasteiger partial charge in [-0.1, -0.05) is 30.3 Å². The number of nitrogens with zero attached hydrogens (tertiary/aromatic N) is 2. The van der Waals surface area contributed by atoms with Crippen molar-refractivity contribution in [3.05, 3.63) is 75.8 Å². The maximum Gasteiger partial charge on any atom is 0.265 e. The lowest BCUT2D eigenvalue weighted by atomic mass is 10.1. The van der Waals surface area contributed by atoms with Crippen LogP contribution in [0.3, 0.4) is 0 Å². The van der Waals surface area contributed by atoms with E-state index in [2.05, 4.69) is 29.5 Å². The van der Waals surface area contributed by atoms with Gasteiger partial charge < -0.3 is 5.32 Å². The molecule has 0 bridgehead atoms. The van der Waals surface area contributed by atoms with Crippen LogP contribution in [0.1, 0.15) is 32.1 Å². The molecular weight excluding hydrogens is 354 g/mol. The van der Waals surface area contributed by atoms with E-state index >= 15 is 0 Å². The van der Waals surface area contributed by atoms with E-state index in [9.17, 15) is 4.79 Å². The van der Waals surface area contributed by atoms with Gasteiger partial charge in [-0.05, 0) is 62.6 Å². The number of benzene rings is 2. The first-order valence-corrected chi connectivity index (χ1v) is 9.70. The molecule has 1 N–H and O–H groups in total. The topological polar surface area (TPSA) is 46.9 Å². The van der Waals surface area contributed by atoms with E-state index in [1.165, 1.54) is 11.3 Å². The van der Waals surface area contributed by atoms with Gasteiger partial charge in [0.1, 0.15) is 4.83 Å². The Morgan fingerprint density at radius 1 is 1.00 bits per heavy atom. The standard InChI is InChI=1S/C22H21N3OS/c1-13-9-7-10-18(15(13)3)23-21(26)20-12-17-16(4)24-25(22(17)27-20)19-11-6-5-8-14(19)2/h5-12H,1-4H3,(H,23,26). The van der Waals surface area contributed by atoms with E-state index in [4.69, 9.17) is 0 Å². The zero-order chi connectivity index (χ0) is 19.1. The normalized spacial score (nSPS) is 11.1. The molecule has 2 aromatic carbocycles. The Morgan fingerprint density at radius 2 is 1.74 bits per heavy atom. The number of hydrogen-bond donors (Lipinski definition) is 1. The molecule has 5 heteroatoms. The second-order valence-corrected chi connectivity index (χ2v) is 7.85. The summed E-state index contributed by atoms with van der Waals surface area (Å²) in [5.74, 6) is -0.0827. The van der Waals surface area contributed by atoms with Crippen molar-refractivity contribution in [2.24, 2.45) is 0 Å². The monoisotopic (exact) mass is 375 g/mol. The van der Waals surface area contributed by atoms with Crippen molar-refractivity contribution in [1.29, 1.82) is 0 Å². The van der Waals surface area contributed by atoms with Crippen molar-refractivity contribution in [3.63, 3.8) is 0 Å². The molecule has 0 saturated heterocycles. The Bertz CT molecular complexity index is 1170. The molecule has 0 saturated carbocycles. The van der Waals surface area contributed by atoms with Gasteiger partial charge in [0.05, 0.1) is 16.3 Å². The number of fused-ring (bicyclic) bond motifs is 1. The maximum absolute atomic E-state index is 12.8. The number of carbonyl (C=O) groups excluding carboxylic acids is 1. The molecule has 4 nitrogen and oxygen atoms in total. The summed E-state index contributed by atoms with van der Waals surface area (Å²) in [4.78, 5) is 14.5. The minimum absolute atomic E-state index is 0.0827. The third-order valence-electron chi connectivity index (χ3n) is 4.96. The van der Waals surface area contributed by atoms with Crippen LogP contribution in [0.5, 0.6) is 0 Å². The molecule has 0 atom stereocenters. The summed E-state index contributed by atoms with van der Waals surface area (Å²) in [7, 11) is 0. The smallest absolute Gasteiger partial charge is 0.265 e. The van der Waals surface area contributed by atoms with Gasteiger partial charge in [-0.3, -0.25) is 4.79 Å². The molecule has 2 aromatic heterocycles. The van der Waals surface area contributed by atoms with Crippen molar-refractivity contribution in [2.75, 3.05) is 5.32 Å². The molecule has 1 amide bonds. The highest BCUT2D eigenvalue weighted by Gasteiger charge is 2.18. The van der Waals surface area contributed by atoms with Crippen LogP contribution in [0.15, 0.2) is 48.5 Å². The number of para-hydroxylation sites is 1. The van der Waals surface area contributed by atoms with Crippen LogP contribution in [-0.2, 0) is 0 Å². The first-order valence-electron chi connectivity index (χ1n) is 8.88. The van der Waals surface area contributed by atoms with Crippen molar-refractivity contribution in [3.8, 4) is 5.69 Å². The highest BCUT2D eigenvalue weighted by molar-refractivity contribution is 7.20. The summed E-state index contributed by atoms with van der Waals surface area (Å²) in [6.07, 6.45) is 0. The van der Waals surface area contributed by atoms with Gasteiger partial charge in [0.2, 0.25) is 0 Å². The third kappa shape index (κ3) is 3.04. The predicted molar refractivity (Wildman–Crippen MR) is 112 cm³/mol. The van der Waals surface area contributed by atoms with E-state index in [1.807, 2.05) is 61.9 Å². The number of thiophene rings is 1. The van der Waals surface area contributed by atoms with Crippen LogP contribution in [0.2, 0.25) is 0 Å². The van der Waals surface area contributed by atoms with Crippen LogP contribution < -0.4 is 5.32 Å². The van der Waals surface area contributed by atoms with Crippen LogP contribution in [0.25, 0.3) is 15.9 Å². The minimum Gasteiger partial charge on any atom is -0.321 e. The SMILES string of the molecule is Cc1ccccc1-n1nc(C)c2cc(C(=O)Nc3cccc(C)c3C)sc21. The fourth-order valence-corrected chi connectivity index (χ4v) is 4.26. The summed E-state index contributed by atoms with van der Waals surface area (Å²) in [6, 6.07) is 16.0. The molecule has 136 valence electrons. The Balaban J connectivity index is 1.74. The minimum atomic E-state index is -0.0827. The number of carbonyl (C=O) groups is 1. The van der Waals surface area contributed by atoms with Gasteiger partial charge in [0, 0.05) is 11.1 Å². The number of aromatic nitrogens is 2. The first kappa shape index (κ1) is 17.5. The maximum atomic E-state index is 12.8. The van der Waals surface area contributed by atoms with Gasteiger partial charge in [-0.15, -0.1) is 11.3 Å². The van der Waals surface area contributed by atoms with Gasteiger partial charge in [-0.2, -0.15) is 5.10 Å². The Labute approximate surface area is 162 Å². The number of rotatable bonds is 3. The number of aryl methyl sites for hydroxylation is 3. The Hall–Kier alpha value is -2.92. The van der Waals surface area contributed by atoms with Crippen molar-refractivity contribution in [1.82, 2.24) is 9.78 Å². The molecule has 0 fully saturated rings. The summed E-state index contributed by atoms with van der Waals surface area (Å²) in [5.41, 5.74) is 6.23. The van der Waals surface area contributed by atoms with Crippen LogP contribution in [0, 0.1) is 27.7 Å². The molecule has 0 aliphatic carbocycles. The highest BCUT2D eigenvalue weighted by atomic mass is 32.1. The number of amides is 1. The number of nitrogens with one attached hydrogen (secondary N) is 1. The molecule has 0 unspecified atom stereocenters. The van der Waals surface area contributed by atoms with E-state index in [0.29, 0.717) is 4.88 Å². The highest BCUT2D eigenvalue weighted by Crippen LogP contribution is 2.32. The first-order chi connectivity index (χ1) is 13.0. The Morgan fingerprint density at radius 3 is 2.52 bits per heavy atom. The molecule has 4 rings (SSSR count). The largest absolute Gasteiger partial charge is 0.321 e. The molecule has 0 spiro atoms. The van der Waals surface area contributed by atoms with Crippen molar-refractivity contribution >= 4 is 33.1 Å². The number of anilines is 1. The molecule has 0 radical (unpaired) electrons. The van der Waals surface area contributed by atoms with Gasteiger partial charge in [0.25, 0.3) is 5.91 Å². The van der Waals surface area contributed by atoms with E-state index in [1.54, 1.807) is 0 Å². The van der Waals surface area contributed by atoms with Crippen molar-refractivity contribution < 1.29 is 4.79 Å². The quantitative estimate of drug-likeness (QED) is 0.509. The number of hydrogen-bond acceptors (Lipinski definition) is 3. The molecule has 0 aliphatic rings. The van der Waals surface area contributed by atoms with Gasteiger partial charge >= 0.3 is 0 Å². The zero-order valence-electron chi connectivity index (χ0n) is 15.8. The fraction of sp³-hybridized carbons (Fsp3) is 0.182. The van der Waals surface area contributed by atoms with Crippen LogP contribution >= 0.6 is 11.3 Å². The molecule has 27 heavy (non-hydrogen) atoms. The van der Waals surface area contributed by atoms with Crippen molar-refractivity contribution in [2.45, 2.75) is 27.7 Å². The Kier molecular flexibility index (Phi) is 4.32. The van der Waals surface area contributed by atoms with E-state index in [-0.39, 0.29) is 5.91 Å². The lowest BCUT2D eigenvalue weighted by molar-refractivity contribution is 0.103. The second kappa shape index (κ2) is 6.67. The molecule has 0 aliphatic heterocycles. The van der Waals surface area contributed by atoms with E-state index < -0.39 is 0 Å². The third-order valence-corrected chi connectivity index (χ3v) is 6.07. The van der Waals surface area contributed by atoms with Gasteiger partial charge in [-0.25, -0.2) is 4.68 Å². The van der Waals surface area contributed by atoms with Crippen LogP contribution in [-0.4, -0.2) is 15.7 Å². The summed E-state index contributed by atoms with van der Waals surface area (Å²) in [6.45, 7) is 8.12. The molecule has 2 heterocycles. The lowest BCUT2D eigenvalue weighted by Crippen LogP contribution is -2.11. The predicted octanol–water partition coefficient (Wildman–Crippen LogP) is 5.57. The summed E-state index contributed by atoms with van der Waals surface area (Å²) < 4.78 is 1.94. The fourth-order valence-electron chi connectivity index (χ4n) is 3.19. The summed E-state index contributed by atoms with van der Waals surface area (Å²) >= 11 is 1.47. The lowest BCUT2D eigenvalue weighted by Gasteiger charge is -2.09. The van der Waals surface area contributed by atoms with E-state index in [0.717, 1.165) is 44.0 Å². The molecule has 4 aromatic rings. The molecular formula is C22H21N3OS.